The summed E-state index contributed by atoms with van der Waals surface area (Å²) in [5.41, 5.74) is 1.13. The van der Waals surface area contributed by atoms with E-state index in [0.29, 0.717) is 13.2 Å². The predicted octanol–water partition coefficient (Wildman–Crippen LogP) is 4.37. The molecular formula is C23H35NO3Si. The quantitative estimate of drug-likeness (QED) is 0.400. The molecule has 0 aliphatic carbocycles. The number of rotatable bonds is 8. The molecule has 1 aromatic carbocycles. The van der Waals surface area contributed by atoms with Crippen molar-refractivity contribution in [2.45, 2.75) is 71.5 Å². The molecule has 0 aromatic heterocycles. The molecule has 0 saturated carbocycles. The molecule has 1 heterocycles. The first-order valence-electron chi connectivity index (χ1n) is 10.1. The number of hydrogen-bond acceptors (Lipinski definition) is 3. The van der Waals surface area contributed by atoms with E-state index in [0.717, 1.165) is 5.56 Å². The summed E-state index contributed by atoms with van der Waals surface area (Å²) >= 11 is 0. The van der Waals surface area contributed by atoms with E-state index in [-0.39, 0.29) is 34.9 Å². The molecule has 1 N–H and O–H groups in total. The average Bonchev–Trinajstić information content (AvgIpc) is 2.58. The molecule has 1 aliphatic heterocycles. The molecule has 4 nitrogen and oxygen atoms in total. The summed E-state index contributed by atoms with van der Waals surface area (Å²) in [6, 6.07) is 10.1. The first kappa shape index (κ1) is 22.7. The fourth-order valence-corrected chi connectivity index (χ4v) is 4.72. The molecule has 4 atom stereocenters. The van der Waals surface area contributed by atoms with Gasteiger partial charge in [-0.15, -0.1) is 5.92 Å². The van der Waals surface area contributed by atoms with Gasteiger partial charge in [0.2, 0.25) is 5.91 Å². The van der Waals surface area contributed by atoms with Crippen LogP contribution < -0.4 is 5.32 Å². The van der Waals surface area contributed by atoms with E-state index in [1.54, 1.807) is 0 Å². The van der Waals surface area contributed by atoms with Crippen molar-refractivity contribution in [3.63, 3.8) is 0 Å². The van der Waals surface area contributed by atoms with Crippen molar-refractivity contribution < 1.29 is 14.0 Å². The zero-order chi connectivity index (χ0) is 20.9. The smallest absolute Gasteiger partial charge is 0.228 e. The molecule has 1 aliphatic rings. The maximum absolute atomic E-state index is 12.4. The second-order valence-corrected chi connectivity index (χ2v) is 13.9. The lowest BCUT2D eigenvalue weighted by molar-refractivity contribution is -0.142. The van der Waals surface area contributed by atoms with E-state index < -0.39 is 8.32 Å². The fourth-order valence-electron chi connectivity index (χ4n) is 3.29. The Labute approximate surface area is 171 Å². The summed E-state index contributed by atoms with van der Waals surface area (Å²) in [6.07, 6.45) is -0.130. The molecule has 0 radical (unpaired) electrons. The van der Waals surface area contributed by atoms with E-state index >= 15 is 0 Å². The maximum Gasteiger partial charge on any atom is 0.228 e. The molecule has 1 unspecified atom stereocenters. The van der Waals surface area contributed by atoms with Crippen LogP contribution in [0.1, 0.15) is 40.2 Å². The zero-order valence-corrected chi connectivity index (χ0v) is 19.3. The normalized spacial score (nSPS) is 21.8. The van der Waals surface area contributed by atoms with Crippen molar-refractivity contribution in [1.29, 1.82) is 0 Å². The summed E-state index contributed by atoms with van der Waals surface area (Å²) < 4.78 is 12.4. The number of amides is 1. The summed E-state index contributed by atoms with van der Waals surface area (Å²) in [6.45, 7) is 16.0. The van der Waals surface area contributed by atoms with Crippen LogP contribution in [-0.4, -0.2) is 33.0 Å². The number of β-lactam (4-membered cyclic amide) rings is 1. The molecule has 1 aromatic rings. The Kier molecular flexibility index (Phi) is 7.50. The molecule has 1 fully saturated rings. The minimum atomic E-state index is -1.94. The largest absolute Gasteiger partial charge is 0.413 e. The monoisotopic (exact) mass is 401 g/mol. The van der Waals surface area contributed by atoms with Gasteiger partial charge in [-0.25, -0.2) is 0 Å². The highest BCUT2D eigenvalue weighted by Gasteiger charge is 2.49. The van der Waals surface area contributed by atoms with Crippen molar-refractivity contribution in [2.24, 2.45) is 11.8 Å². The summed E-state index contributed by atoms with van der Waals surface area (Å²) in [5.74, 6) is 6.07. The van der Waals surface area contributed by atoms with Crippen LogP contribution in [-0.2, 0) is 20.6 Å². The van der Waals surface area contributed by atoms with Gasteiger partial charge in [0.15, 0.2) is 8.32 Å². The summed E-state index contributed by atoms with van der Waals surface area (Å²) in [5, 5.41) is 3.16. The minimum Gasteiger partial charge on any atom is -0.413 e. The van der Waals surface area contributed by atoms with Gasteiger partial charge in [-0.05, 0) is 37.5 Å². The van der Waals surface area contributed by atoms with Gasteiger partial charge in [0.05, 0.1) is 37.2 Å². The molecule has 0 bridgehead atoms. The topological polar surface area (TPSA) is 47.6 Å². The molecular weight excluding hydrogens is 366 g/mol. The van der Waals surface area contributed by atoms with Crippen LogP contribution in [0, 0.1) is 23.7 Å². The Bertz CT molecular complexity index is 715. The average molecular weight is 402 g/mol. The molecule has 154 valence electrons. The number of benzene rings is 1. The third-order valence-electron chi connectivity index (χ3n) is 5.96. The minimum absolute atomic E-state index is 0.0320. The second-order valence-electron chi connectivity index (χ2n) is 9.14. The zero-order valence-electron chi connectivity index (χ0n) is 18.3. The summed E-state index contributed by atoms with van der Waals surface area (Å²) in [7, 11) is -1.94. The van der Waals surface area contributed by atoms with Gasteiger partial charge in [-0.1, -0.05) is 57.0 Å². The highest BCUT2D eigenvalue weighted by Crippen LogP contribution is 2.39. The number of hydrogen-bond donors (Lipinski definition) is 1. The van der Waals surface area contributed by atoms with Crippen LogP contribution in [0.5, 0.6) is 0 Å². The Hall–Kier alpha value is -1.61. The Morgan fingerprint density at radius 3 is 2.39 bits per heavy atom. The van der Waals surface area contributed by atoms with Gasteiger partial charge in [0, 0.05) is 0 Å². The lowest BCUT2D eigenvalue weighted by atomic mass is 9.78. The molecule has 2 rings (SSSR count). The second kappa shape index (κ2) is 9.26. The highest BCUT2D eigenvalue weighted by atomic mass is 28.4. The van der Waals surface area contributed by atoms with Crippen LogP contribution in [0.2, 0.25) is 18.1 Å². The lowest BCUT2D eigenvalue weighted by Crippen LogP contribution is -2.66. The number of carbonyl (C=O) groups is 1. The van der Waals surface area contributed by atoms with Gasteiger partial charge in [0.1, 0.15) is 0 Å². The maximum atomic E-state index is 12.4. The van der Waals surface area contributed by atoms with Gasteiger partial charge in [-0.2, -0.15) is 0 Å². The molecule has 5 heteroatoms. The van der Waals surface area contributed by atoms with E-state index in [1.165, 1.54) is 0 Å². The molecule has 28 heavy (non-hydrogen) atoms. The number of ether oxygens (including phenoxy) is 1. The van der Waals surface area contributed by atoms with Crippen molar-refractivity contribution in [1.82, 2.24) is 5.32 Å². The van der Waals surface area contributed by atoms with Crippen LogP contribution in [0.3, 0.4) is 0 Å². The van der Waals surface area contributed by atoms with Gasteiger partial charge in [-0.3, -0.25) is 4.79 Å². The van der Waals surface area contributed by atoms with Crippen molar-refractivity contribution in [3.05, 3.63) is 35.9 Å². The number of nitrogens with one attached hydrogen (secondary N) is 1. The first-order valence-corrected chi connectivity index (χ1v) is 13.0. The Balaban J connectivity index is 2.01. The van der Waals surface area contributed by atoms with E-state index in [4.69, 9.17) is 9.16 Å². The third-order valence-corrected chi connectivity index (χ3v) is 10.5. The predicted molar refractivity (Wildman–Crippen MR) is 116 cm³/mol. The summed E-state index contributed by atoms with van der Waals surface area (Å²) in [4.78, 5) is 12.4. The van der Waals surface area contributed by atoms with Crippen LogP contribution >= 0.6 is 0 Å². The first-order chi connectivity index (χ1) is 13.1. The molecule has 1 amide bonds. The Morgan fingerprint density at radius 2 is 1.86 bits per heavy atom. The number of carbonyl (C=O) groups excluding carboxylic acids is 1. The Morgan fingerprint density at radius 1 is 1.21 bits per heavy atom. The third kappa shape index (κ3) is 5.47. The molecule has 1 saturated heterocycles. The van der Waals surface area contributed by atoms with Crippen molar-refractivity contribution in [2.75, 3.05) is 6.61 Å². The van der Waals surface area contributed by atoms with E-state index in [2.05, 4.69) is 51.0 Å². The van der Waals surface area contributed by atoms with Crippen LogP contribution in [0.15, 0.2) is 30.3 Å². The highest BCUT2D eigenvalue weighted by molar-refractivity contribution is 6.74. The van der Waals surface area contributed by atoms with E-state index in [1.807, 2.05) is 44.2 Å². The van der Waals surface area contributed by atoms with Crippen molar-refractivity contribution in [3.8, 4) is 11.8 Å². The van der Waals surface area contributed by atoms with Crippen molar-refractivity contribution >= 4 is 14.2 Å². The van der Waals surface area contributed by atoms with Gasteiger partial charge >= 0.3 is 0 Å². The fraction of sp³-hybridized carbons (Fsp3) is 0.609. The SMILES string of the molecule is CC#CC(COCc1ccccc1)[C@H]1NC(=O)[C@@H]1[C@@H](C)O[Si](C)(C)C(C)(C)C. The van der Waals surface area contributed by atoms with E-state index in [9.17, 15) is 4.79 Å². The van der Waals surface area contributed by atoms with Gasteiger partial charge < -0.3 is 14.5 Å². The van der Waals surface area contributed by atoms with Crippen LogP contribution in [0.25, 0.3) is 0 Å². The molecule has 0 spiro atoms. The standard InChI is InChI=1S/C23H35NO3Si/c1-8-12-19(16-26-15-18-13-10-9-11-14-18)21-20(22(25)24-21)17(2)27-28(6,7)23(3,4)5/h9-11,13-14,17,19-21H,15-16H2,1-7H3,(H,24,25)/t17-,19?,20-,21-/m1/s1. The lowest BCUT2D eigenvalue weighted by Gasteiger charge is -2.46. The van der Waals surface area contributed by atoms with Crippen LogP contribution in [0.4, 0.5) is 0 Å². The van der Waals surface area contributed by atoms with Gasteiger partial charge in [0.25, 0.3) is 0 Å².